The first-order valence-corrected chi connectivity index (χ1v) is 8.26. The second-order valence-corrected chi connectivity index (χ2v) is 6.03. The molecule has 1 unspecified atom stereocenters. The zero-order valence-electron chi connectivity index (χ0n) is 13.3. The maximum absolute atomic E-state index is 9.82. The highest BCUT2D eigenvalue weighted by molar-refractivity contribution is 4.88. The van der Waals surface area contributed by atoms with Crippen molar-refractivity contribution in [2.24, 2.45) is 5.41 Å². The molecule has 1 atom stereocenters. The Bertz CT molecular complexity index is 226. The lowest BCUT2D eigenvalue weighted by molar-refractivity contribution is 0.00217. The molecular weight excluding hydrogens is 254 g/mol. The van der Waals surface area contributed by atoms with Crippen molar-refractivity contribution in [1.29, 1.82) is 0 Å². The lowest BCUT2D eigenvalue weighted by Crippen LogP contribution is -2.42. The summed E-state index contributed by atoms with van der Waals surface area (Å²) in [7, 11) is 0. The standard InChI is InChI=1S/C16H33NO3/c1-3-5-9-19-10-11-20-13-15(18)12-17-14-16(4-2)7-6-8-16/h15,17-18H,3-14H2,1-2H3. The van der Waals surface area contributed by atoms with Gasteiger partial charge >= 0.3 is 0 Å². The van der Waals surface area contributed by atoms with Crippen LogP contribution in [0.1, 0.15) is 52.4 Å². The molecule has 0 aliphatic heterocycles. The third kappa shape index (κ3) is 7.02. The van der Waals surface area contributed by atoms with Gasteiger partial charge in [0, 0.05) is 19.7 Å². The van der Waals surface area contributed by atoms with E-state index in [0.717, 1.165) is 26.0 Å². The van der Waals surface area contributed by atoms with Gasteiger partial charge in [-0.25, -0.2) is 0 Å². The minimum Gasteiger partial charge on any atom is -0.389 e. The molecule has 20 heavy (non-hydrogen) atoms. The van der Waals surface area contributed by atoms with Gasteiger partial charge in [0.15, 0.2) is 0 Å². The molecule has 0 aromatic heterocycles. The van der Waals surface area contributed by atoms with Gasteiger partial charge in [0.25, 0.3) is 0 Å². The smallest absolute Gasteiger partial charge is 0.0897 e. The Balaban J connectivity index is 1.89. The molecule has 0 aromatic rings. The van der Waals surface area contributed by atoms with E-state index in [2.05, 4.69) is 19.2 Å². The summed E-state index contributed by atoms with van der Waals surface area (Å²) >= 11 is 0. The van der Waals surface area contributed by atoms with E-state index >= 15 is 0 Å². The summed E-state index contributed by atoms with van der Waals surface area (Å²) < 4.78 is 10.8. The third-order valence-electron chi connectivity index (χ3n) is 4.37. The fourth-order valence-corrected chi connectivity index (χ4v) is 2.58. The molecule has 0 aromatic carbocycles. The molecule has 1 fully saturated rings. The summed E-state index contributed by atoms with van der Waals surface area (Å²) in [6, 6.07) is 0. The van der Waals surface area contributed by atoms with Crippen LogP contribution in [0.25, 0.3) is 0 Å². The zero-order chi connectivity index (χ0) is 14.7. The second-order valence-electron chi connectivity index (χ2n) is 6.03. The van der Waals surface area contributed by atoms with Crippen LogP contribution in [-0.4, -0.2) is 50.7 Å². The normalized spacial score (nSPS) is 18.8. The summed E-state index contributed by atoms with van der Waals surface area (Å²) in [5, 5.41) is 13.2. The monoisotopic (exact) mass is 287 g/mol. The van der Waals surface area contributed by atoms with E-state index in [1.165, 1.54) is 25.7 Å². The second kappa shape index (κ2) is 10.6. The quantitative estimate of drug-likeness (QED) is 0.511. The lowest BCUT2D eigenvalue weighted by Gasteiger charge is -2.41. The van der Waals surface area contributed by atoms with E-state index in [9.17, 15) is 5.11 Å². The number of ether oxygens (including phenoxy) is 2. The molecule has 1 aliphatic carbocycles. The van der Waals surface area contributed by atoms with Gasteiger partial charge in [-0.1, -0.05) is 26.7 Å². The Morgan fingerprint density at radius 1 is 1.15 bits per heavy atom. The number of nitrogens with one attached hydrogen (secondary N) is 1. The predicted molar refractivity (Wildman–Crippen MR) is 82.0 cm³/mol. The Hall–Kier alpha value is -0.160. The molecule has 1 rings (SSSR count). The maximum atomic E-state index is 9.82. The molecule has 0 bridgehead atoms. The van der Waals surface area contributed by atoms with Crippen LogP contribution >= 0.6 is 0 Å². The van der Waals surface area contributed by atoms with Crippen LogP contribution in [0.3, 0.4) is 0 Å². The SMILES string of the molecule is CCCCOCCOCC(O)CNCC1(CC)CCC1. The first-order chi connectivity index (χ1) is 9.72. The van der Waals surface area contributed by atoms with Crippen molar-refractivity contribution in [3.63, 3.8) is 0 Å². The van der Waals surface area contributed by atoms with Crippen LogP contribution in [0.5, 0.6) is 0 Å². The van der Waals surface area contributed by atoms with E-state index in [-0.39, 0.29) is 0 Å². The summed E-state index contributed by atoms with van der Waals surface area (Å²) in [6.07, 6.45) is 7.10. The highest BCUT2D eigenvalue weighted by Crippen LogP contribution is 2.42. The fraction of sp³-hybridized carbons (Fsp3) is 1.00. The van der Waals surface area contributed by atoms with Crippen LogP contribution in [0.2, 0.25) is 0 Å². The fourth-order valence-electron chi connectivity index (χ4n) is 2.58. The minimum atomic E-state index is -0.417. The number of unbranched alkanes of at least 4 members (excludes halogenated alkanes) is 1. The molecule has 4 nitrogen and oxygen atoms in total. The highest BCUT2D eigenvalue weighted by Gasteiger charge is 2.34. The van der Waals surface area contributed by atoms with E-state index in [1.54, 1.807) is 0 Å². The summed E-state index contributed by atoms with van der Waals surface area (Å²) in [6.45, 7) is 8.46. The van der Waals surface area contributed by atoms with Gasteiger partial charge in [-0.05, 0) is 31.1 Å². The molecule has 120 valence electrons. The van der Waals surface area contributed by atoms with E-state index < -0.39 is 6.10 Å². The Morgan fingerprint density at radius 3 is 2.50 bits per heavy atom. The van der Waals surface area contributed by atoms with Gasteiger partial charge in [0.1, 0.15) is 0 Å². The van der Waals surface area contributed by atoms with Crippen molar-refractivity contribution >= 4 is 0 Å². The Morgan fingerprint density at radius 2 is 1.90 bits per heavy atom. The molecule has 4 heteroatoms. The van der Waals surface area contributed by atoms with Gasteiger partial charge in [-0.2, -0.15) is 0 Å². The number of aliphatic hydroxyl groups excluding tert-OH is 1. The number of hydrogen-bond donors (Lipinski definition) is 2. The Kier molecular flexibility index (Phi) is 9.44. The van der Waals surface area contributed by atoms with Crippen LogP contribution in [0.15, 0.2) is 0 Å². The third-order valence-corrected chi connectivity index (χ3v) is 4.37. The average Bonchev–Trinajstić information content (AvgIpc) is 2.41. The molecule has 1 aliphatic rings. The maximum Gasteiger partial charge on any atom is 0.0897 e. The van der Waals surface area contributed by atoms with E-state index in [4.69, 9.17) is 9.47 Å². The number of aliphatic hydroxyl groups is 1. The van der Waals surface area contributed by atoms with Crippen LogP contribution in [-0.2, 0) is 9.47 Å². The van der Waals surface area contributed by atoms with Gasteiger partial charge in [0.2, 0.25) is 0 Å². The molecule has 0 saturated heterocycles. The van der Waals surface area contributed by atoms with Crippen molar-refractivity contribution in [2.75, 3.05) is 39.5 Å². The first kappa shape index (κ1) is 17.9. The van der Waals surface area contributed by atoms with Crippen molar-refractivity contribution in [3.05, 3.63) is 0 Å². The molecule has 0 heterocycles. The highest BCUT2D eigenvalue weighted by atomic mass is 16.5. The van der Waals surface area contributed by atoms with Crippen LogP contribution in [0, 0.1) is 5.41 Å². The van der Waals surface area contributed by atoms with E-state index in [1.807, 2.05) is 0 Å². The first-order valence-electron chi connectivity index (χ1n) is 8.26. The van der Waals surface area contributed by atoms with Gasteiger partial charge < -0.3 is 19.9 Å². The van der Waals surface area contributed by atoms with Crippen molar-refractivity contribution in [2.45, 2.75) is 58.5 Å². The van der Waals surface area contributed by atoms with Crippen LogP contribution < -0.4 is 5.32 Å². The van der Waals surface area contributed by atoms with Gasteiger partial charge in [-0.15, -0.1) is 0 Å². The van der Waals surface area contributed by atoms with Crippen molar-refractivity contribution in [3.8, 4) is 0 Å². The Labute approximate surface area is 124 Å². The van der Waals surface area contributed by atoms with Crippen molar-refractivity contribution in [1.82, 2.24) is 5.32 Å². The minimum absolute atomic E-state index is 0.392. The molecule has 1 saturated carbocycles. The molecular formula is C16H33NO3. The van der Waals surface area contributed by atoms with Crippen molar-refractivity contribution < 1.29 is 14.6 Å². The number of rotatable bonds is 13. The van der Waals surface area contributed by atoms with E-state index in [0.29, 0.717) is 31.8 Å². The summed E-state index contributed by atoms with van der Waals surface area (Å²) in [4.78, 5) is 0. The van der Waals surface area contributed by atoms with Crippen LogP contribution in [0.4, 0.5) is 0 Å². The topological polar surface area (TPSA) is 50.7 Å². The molecule has 0 spiro atoms. The van der Waals surface area contributed by atoms with Gasteiger partial charge in [0.05, 0.1) is 25.9 Å². The summed E-state index contributed by atoms with van der Waals surface area (Å²) in [5.74, 6) is 0. The molecule has 0 amide bonds. The van der Waals surface area contributed by atoms with Gasteiger partial charge in [-0.3, -0.25) is 0 Å². The molecule has 2 N–H and O–H groups in total. The number of hydrogen-bond acceptors (Lipinski definition) is 4. The predicted octanol–water partition coefficient (Wildman–Crippen LogP) is 2.35. The molecule has 0 radical (unpaired) electrons. The summed E-state index contributed by atoms with van der Waals surface area (Å²) in [5.41, 5.74) is 0.508. The average molecular weight is 287 g/mol. The largest absolute Gasteiger partial charge is 0.389 e. The lowest BCUT2D eigenvalue weighted by atomic mass is 9.67. The zero-order valence-corrected chi connectivity index (χ0v) is 13.3.